The highest BCUT2D eigenvalue weighted by Crippen LogP contribution is 2.27. The van der Waals surface area contributed by atoms with E-state index < -0.39 is 11.9 Å². The Hall–Kier alpha value is -1.36. The van der Waals surface area contributed by atoms with E-state index in [1.807, 2.05) is 19.1 Å². The molecule has 1 amide bonds. The number of likely N-dealkylation sites (tertiary alicyclic amines) is 1. The molecule has 102 valence electrons. The molecule has 1 fully saturated rings. The monoisotopic (exact) mass is 325 g/mol. The Kier molecular flexibility index (Phi) is 3.94. The van der Waals surface area contributed by atoms with Crippen molar-refractivity contribution in [3.05, 3.63) is 33.8 Å². The molecular formula is C14H16BrNO3. The first-order valence-electron chi connectivity index (χ1n) is 6.18. The van der Waals surface area contributed by atoms with Crippen molar-refractivity contribution in [1.82, 2.24) is 4.90 Å². The topological polar surface area (TPSA) is 57.6 Å². The number of hydrogen-bond acceptors (Lipinski definition) is 2. The van der Waals surface area contributed by atoms with Gasteiger partial charge in [0.25, 0.3) is 5.91 Å². The molecule has 1 unspecified atom stereocenters. The lowest BCUT2D eigenvalue weighted by molar-refractivity contribution is -0.144. The second-order valence-electron chi connectivity index (χ2n) is 5.06. The molecule has 1 saturated heterocycles. The van der Waals surface area contributed by atoms with Crippen LogP contribution in [0.3, 0.4) is 0 Å². The van der Waals surface area contributed by atoms with Crippen LogP contribution in [0.4, 0.5) is 0 Å². The van der Waals surface area contributed by atoms with E-state index in [0.29, 0.717) is 18.7 Å². The third-order valence-electron chi connectivity index (χ3n) is 3.71. The van der Waals surface area contributed by atoms with Gasteiger partial charge in [0.05, 0.1) is 5.92 Å². The lowest BCUT2D eigenvalue weighted by atomic mass is 9.86. The number of carboxylic acids is 1. The van der Waals surface area contributed by atoms with Gasteiger partial charge in [0.2, 0.25) is 0 Å². The minimum Gasteiger partial charge on any atom is -0.481 e. The number of carbonyl (C=O) groups excluding carboxylic acids is 1. The van der Waals surface area contributed by atoms with Crippen molar-refractivity contribution >= 4 is 27.8 Å². The van der Waals surface area contributed by atoms with Gasteiger partial charge in [-0.15, -0.1) is 0 Å². The predicted molar refractivity (Wildman–Crippen MR) is 75.1 cm³/mol. The Balaban J connectivity index is 2.02. The summed E-state index contributed by atoms with van der Waals surface area (Å²) in [6, 6.07) is 5.55. The first-order valence-corrected chi connectivity index (χ1v) is 6.97. The number of halogens is 1. The van der Waals surface area contributed by atoms with Crippen molar-refractivity contribution in [2.24, 2.45) is 11.8 Å². The Bertz CT molecular complexity index is 523. The molecule has 1 N–H and O–H groups in total. The van der Waals surface area contributed by atoms with Gasteiger partial charge in [-0.2, -0.15) is 0 Å². The van der Waals surface area contributed by atoms with Gasteiger partial charge < -0.3 is 10.0 Å². The van der Waals surface area contributed by atoms with Gasteiger partial charge in [-0.3, -0.25) is 9.59 Å². The lowest BCUT2D eigenvalue weighted by Gasteiger charge is -2.41. The summed E-state index contributed by atoms with van der Waals surface area (Å²) in [5, 5.41) is 8.93. The maximum absolute atomic E-state index is 12.3. The van der Waals surface area contributed by atoms with Crippen LogP contribution in [0.1, 0.15) is 22.8 Å². The van der Waals surface area contributed by atoms with Crippen LogP contribution in [0.25, 0.3) is 0 Å². The van der Waals surface area contributed by atoms with Crippen LogP contribution in [0.5, 0.6) is 0 Å². The zero-order valence-corrected chi connectivity index (χ0v) is 12.5. The molecule has 0 saturated carbocycles. The fourth-order valence-electron chi connectivity index (χ4n) is 2.23. The first-order chi connectivity index (χ1) is 8.90. The van der Waals surface area contributed by atoms with Crippen molar-refractivity contribution in [2.75, 3.05) is 13.1 Å². The Morgan fingerprint density at radius 2 is 2.05 bits per heavy atom. The van der Waals surface area contributed by atoms with Crippen LogP contribution in [0.2, 0.25) is 0 Å². The summed E-state index contributed by atoms with van der Waals surface area (Å²) in [4.78, 5) is 24.8. The number of carboxylic acid groups (broad SMARTS) is 1. The van der Waals surface area contributed by atoms with Crippen molar-refractivity contribution in [3.63, 3.8) is 0 Å². The van der Waals surface area contributed by atoms with Gasteiger partial charge in [-0.05, 0) is 30.7 Å². The fraction of sp³-hybridized carbons (Fsp3) is 0.429. The zero-order valence-electron chi connectivity index (χ0n) is 10.9. The maximum Gasteiger partial charge on any atom is 0.306 e. The number of aryl methyl sites for hydroxylation is 1. The van der Waals surface area contributed by atoms with E-state index in [1.165, 1.54) is 0 Å². The largest absolute Gasteiger partial charge is 0.481 e. The summed E-state index contributed by atoms with van der Waals surface area (Å²) < 4.78 is 0.947. The molecule has 0 bridgehead atoms. The fourth-order valence-corrected chi connectivity index (χ4v) is 2.71. The summed E-state index contributed by atoms with van der Waals surface area (Å²) in [7, 11) is 0. The van der Waals surface area contributed by atoms with Crippen molar-refractivity contribution in [2.45, 2.75) is 13.8 Å². The van der Waals surface area contributed by atoms with Crippen LogP contribution in [-0.4, -0.2) is 35.0 Å². The highest BCUT2D eigenvalue weighted by molar-refractivity contribution is 9.10. The van der Waals surface area contributed by atoms with Crippen LogP contribution in [0.15, 0.2) is 22.7 Å². The second-order valence-corrected chi connectivity index (χ2v) is 5.97. The molecule has 1 aliphatic heterocycles. The van der Waals surface area contributed by atoms with Crippen LogP contribution < -0.4 is 0 Å². The summed E-state index contributed by atoms with van der Waals surface area (Å²) in [6.45, 7) is 4.65. The van der Waals surface area contributed by atoms with Crippen LogP contribution in [0, 0.1) is 18.8 Å². The Labute approximate surface area is 120 Å². The van der Waals surface area contributed by atoms with E-state index in [0.717, 1.165) is 10.0 Å². The van der Waals surface area contributed by atoms with Crippen LogP contribution in [-0.2, 0) is 4.79 Å². The summed E-state index contributed by atoms with van der Waals surface area (Å²) in [6.07, 6.45) is 0. The number of benzene rings is 1. The van der Waals surface area contributed by atoms with Crippen molar-refractivity contribution in [1.29, 1.82) is 0 Å². The zero-order chi connectivity index (χ0) is 14.2. The number of rotatable bonds is 3. The Morgan fingerprint density at radius 1 is 1.42 bits per heavy atom. The van der Waals surface area contributed by atoms with E-state index in [2.05, 4.69) is 15.9 Å². The molecule has 0 spiro atoms. The van der Waals surface area contributed by atoms with E-state index in [1.54, 1.807) is 17.9 Å². The molecule has 4 nitrogen and oxygen atoms in total. The highest BCUT2D eigenvalue weighted by atomic mass is 79.9. The van der Waals surface area contributed by atoms with Gasteiger partial charge in [0, 0.05) is 29.0 Å². The second kappa shape index (κ2) is 5.33. The van der Waals surface area contributed by atoms with Gasteiger partial charge >= 0.3 is 5.97 Å². The molecule has 1 atom stereocenters. The molecule has 0 aromatic heterocycles. The maximum atomic E-state index is 12.3. The van der Waals surface area contributed by atoms with Crippen molar-refractivity contribution in [3.8, 4) is 0 Å². The molecule has 0 aliphatic carbocycles. The third kappa shape index (κ3) is 2.81. The molecular weight excluding hydrogens is 310 g/mol. The van der Waals surface area contributed by atoms with Crippen LogP contribution >= 0.6 is 15.9 Å². The quantitative estimate of drug-likeness (QED) is 0.929. The summed E-state index contributed by atoms with van der Waals surface area (Å²) in [5.74, 6) is -1.14. The average molecular weight is 326 g/mol. The molecule has 1 aromatic rings. The Morgan fingerprint density at radius 3 is 2.58 bits per heavy atom. The SMILES string of the molecule is Cc1cc(Br)ccc1C(=O)N1CC(C(C)C(=O)O)C1. The van der Waals surface area contributed by atoms with E-state index in [4.69, 9.17) is 5.11 Å². The van der Waals surface area contributed by atoms with Gasteiger partial charge in [0.1, 0.15) is 0 Å². The van der Waals surface area contributed by atoms with Gasteiger partial charge in [0.15, 0.2) is 0 Å². The molecule has 5 heteroatoms. The number of amides is 1. The number of nitrogens with zero attached hydrogens (tertiary/aromatic N) is 1. The number of aliphatic carboxylic acids is 1. The van der Waals surface area contributed by atoms with Gasteiger partial charge in [-0.25, -0.2) is 0 Å². The first kappa shape index (κ1) is 14.1. The molecule has 2 rings (SSSR count). The molecule has 0 radical (unpaired) electrons. The predicted octanol–water partition coefficient (Wildman–Crippen LogP) is 2.55. The smallest absolute Gasteiger partial charge is 0.306 e. The van der Waals surface area contributed by atoms with E-state index in [-0.39, 0.29) is 11.8 Å². The normalized spacial score (nSPS) is 16.9. The highest BCUT2D eigenvalue weighted by Gasteiger charge is 2.37. The minimum absolute atomic E-state index is 0.0150. The van der Waals surface area contributed by atoms with E-state index in [9.17, 15) is 9.59 Å². The third-order valence-corrected chi connectivity index (χ3v) is 4.21. The molecule has 1 aromatic carbocycles. The minimum atomic E-state index is -0.795. The lowest BCUT2D eigenvalue weighted by Crippen LogP contribution is -2.53. The van der Waals surface area contributed by atoms with Crippen molar-refractivity contribution < 1.29 is 14.7 Å². The number of carbonyl (C=O) groups is 2. The average Bonchev–Trinajstić information content (AvgIpc) is 2.26. The standard InChI is InChI=1S/C14H16BrNO3/c1-8-5-11(15)3-4-12(8)13(17)16-6-10(7-16)9(2)14(18)19/h3-5,9-10H,6-7H2,1-2H3,(H,18,19). The summed E-state index contributed by atoms with van der Waals surface area (Å²) >= 11 is 3.37. The molecule has 1 heterocycles. The van der Waals surface area contributed by atoms with Gasteiger partial charge in [-0.1, -0.05) is 22.9 Å². The molecule has 1 aliphatic rings. The number of hydrogen-bond donors (Lipinski definition) is 1. The van der Waals surface area contributed by atoms with E-state index >= 15 is 0 Å². The summed E-state index contributed by atoms with van der Waals surface area (Å²) in [5.41, 5.74) is 1.61. The molecule has 19 heavy (non-hydrogen) atoms.